The largest absolute Gasteiger partial charge is 0.480 e. The first kappa shape index (κ1) is 59.4. The standard InChI is InChI=1S/2C8H13N3O6.2C6H14N4O2/c2*9-11-10-1-2-15-3-4-17-8(14)6-16-5-7(12)13;2*7-1-3-11-5-6-12-4-2-9-10-8/h2*1-6H2,(H,12,13);2*1-7H2. The molecule has 0 rings (SSSR count). The number of aliphatic carboxylic acids is 2. The summed E-state index contributed by atoms with van der Waals surface area (Å²) in [6.07, 6.45) is 0. The number of carboxylic acids is 2. The molecule has 0 aliphatic heterocycles. The lowest BCUT2D eigenvalue weighted by atomic mass is 10.6. The molecule has 0 bridgehead atoms. The summed E-state index contributed by atoms with van der Waals surface area (Å²) in [6, 6.07) is 0. The smallest absolute Gasteiger partial charge is 0.332 e. The second kappa shape index (κ2) is 56.1. The maximum absolute atomic E-state index is 10.9. The van der Waals surface area contributed by atoms with E-state index in [9.17, 15) is 19.2 Å². The van der Waals surface area contributed by atoms with E-state index in [1.165, 1.54) is 0 Å². The Morgan fingerprint density at radius 3 is 0.897 bits per heavy atom. The van der Waals surface area contributed by atoms with Crippen molar-refractivity contribution in [1.29, 1.82) is 0 Å². The van der Waals surface area contributed by atoms with Gasteiger partial charge < -0.3 is 69.0 Å². The molecule has 58 heavy (non-hydrogen) atoms. The summed E-state index contributed by atoms with van der Waals surface area (Å²) in [7, 11) is 0. The number of carbonyl (C=O) groups excluding carboxylic acids is 2. The summed E-state index contributed by atoms with van der Waals surface area (Å²) >= 11 is 0. The van der Waals surface area contributed by atoms with Crippen molar-refractivity contribution in [2.24, 2.45) is 31.9 Å². The van der Waals surface area contributed by atoms with Crippen LogP contribution in [-0.2, 0) is 66.5 Å². The van der Waals surface area contributed by atoms with Gasteiger partial charge in [-0.2, -0.15) is 0 Å². The summed E-state index contributed by atoms with van der Waals surface area (Å²) in [6.45, 7) is 5.30. The number of carboxylic acid groups (broad SMARTS) is 2. The van der Waals surface area contributed by atoms with E-state index < -0.39 is 50.3 Å². The van der Waals surface area contributed by atoms with Crippen LogP contribution in [0.5, 0.6) is 0 Å². The van der Waals surface area contributed by atoms with Crippen LogP contribution in [-0.4, -0.2) is 192 Å². The normalized spacial score (nSPS) is 9.41. The minimum absolute atomic E-state index is 0.0333. The molecule has 0 atom stereocenters. The van der Waals surface area contributed by atoms with Gasteiger partial charge >= 0.3 is 23.9 Å². The lowest BCUT2D eigenvalue weighted by Crippen LogP contribution is -2.18. The van der Waals surface area contributed by atoms with Crippen LogP contribution in [0, 0.1) is 0 Å². The summed E-state index contributed by atoms with van der Waals surface area (Å²) in [5, 5.41) is 29.5. The fourth-order valence-corrected chi connectivity index (χ4v) is 2.57. The minimum Gasteiger partial charge on any atom is -0.480 e. The van der Waals surface area contributed by atoms with Crippen LogP contribution in [0.4, 0.5) is 0 Å². The van der Waals surface area contributed by atoms with Gasteiger partial charge in [-0.3, -0.25) is 0 Å². The first-order valence-electron chi connectivity index (χ1n) is 17.0. The number of carbonyl (C=O) groups is 4. The molecule has 0 aliphatic rings. The number of ether oxygens (including phenoxy) is 10. The van der Waals surface area contributed by atoms with E-state index >= 15 is 0 Å². The van der Waals surface area contributed by atoms with E-state index in [0.717, 1.165) is 0 Å². The molecule has 332 valence electrons. The van der Waals surface area contributed by atoms with E-state index in [1.54, 1.807) is 0 Å². The van der Waals surface area contributed by atoms with Crippen molar-refractivity contribution in [2.75, 3.05) is 158 Å². The summed E-state index contributed by atoms with van der Waals surface area (Å²) in [5.74, 6) is -3.63. The van der Waals surface area contributed by atoms with Gasteiger partial charge in [0.25, 0.3) is 0 Å². The number of hydrogen-bond acceptors (Lipinski definition) is 20. The van der Waals surface area contributed by atoms with Crippen molar-refractivity contribution in [1.82, 2.24) is 0 Å². The van der Waals surface area contributed by atoms with Crippen LogP contribution in [0.25, 0.3) is 41.8 Å². The van der Waals surface area contributed by atoms with Crippen molar-refractivity contribution in [2.45, 2.75) is 0 Å². The molecule has 0 amide bonds. The van der Waals surface area contributed by atoms with Crippen LogP contribution < -0.4 is 11.5 Å². The summed E-state index contributed by atoms with van der Waals surface area (Å²) < 4.78 is 48.4. The Hall–Kier alpha value is -5.28. The average Bonchev–Trinajstić information content (AvgIpc) is 3.20. The van der Waals surface area contributed by atoms with Crippen molar-refractivity contribution >= 4 is 23.9 Å². The van der Waals surface area contributed by atoms with E-state index in [0.29, 0.717) is 79.0 Å². The molecular weight excluding hydrogens is 788 g/mol. The zero-order valence-electron chi connectivity index (χ0n) is 32.1. The molecule has 0 aromatic carbocycles. The maximum Gasteiger partial charge on any atom is 0.332 e. The molecule has 0 aliphatic carbocycles. The van der Waals surface area contributed by atoms with E-state index in [4.69, 9.17) is 72.2 Å². The van der Waals surface area contributed by atoms with Crippen molar-refractivity contribution in [3.8, 4) is 0 Å². The highest BCUT2D eigenvalue weighted by Crippen LogP contribution is 1.86. The monoisotopic (exact) mass is 842 g/mol. The maximum atomic E-state index is 10.9. The SMILES string of the molecule is [N-]=[N+]=NCCOCCOC(=O)COCC(=O)O.[N-]=[N+]=NCCOCCOC(=O)COCC(=O)O.[N-]=[N+]=NCCOCCOCCN.[N-]=[N+]=NCCOCCOCCN. The van der Waals surface area contributed by atoms with Gasteiger partial charge in [0.1, 0.15) is 39.6 Å². The van der Waals surface area contributed by atoms with Crippen molar-refractivity contribution < 1.29 is 76.8 Å². The van der Waals surface area contributed by atoms with Gasteiger partial charge in [-0.05, 0) is 22.1 Å². The number of hydrogen-bond donors (Lipinski definition) is 4. The molecule has 0 unspecified atom stereocenters. The predicted molar refractivity (Wildman–Crippen MR) is 198 cm³/mol. The predicted octanol–water partition coefficient (Wildman–Crippen LogP) is 0.493. The Morgan fingerprint density at radius 2 is 0.655 bits per heavy atom. The Labute approximate surface area is 332 Å². The molecule has 0 radical (unpaired) electrons. The second-order valence-electron chi connectivity index (χ2n) is 9.28. The van der Waals surface area contributed by atoms with Gasteiger partial charge in [-0.25, -0.2) is 19.2 Å². The van der Waals surface area contributed by atoms with Crippen molar-refractivity contribution in [3.63, 3.8) is 0 Å². The Bertz CT molecular complexity index is 1110. The molecule has 0 aromatic rings. The van der Waals surface area contributed by atoms with Gasteiger partial charge in [-0.15, -0.1) is 0 Å². The van der Waals surface area contributed by atoms with E-state index in [1.807, 2.05) is 0 Å². The van der Waals surface area contributed by atoms with Crippen LogP contribution in [0.15, 0.2) is 20.5 Å². The third-order valence-corrected chi connectivity index (χ3v) is 4.74. The summed E-state index contributed by atoms with van der Waals surface area (Å²) in [5.41, 5.74) is 42.1. The molecule has 0 heterocycles. The lowest BCUT2D eigenvalue weighted by Gasteiger charge is -2.05. The average molecular weight is 843 g/mol. The highest BCUT2D eigenvalue weighted by molar-refractivity contribution is 5.72. The Balaban J connectivity index is -0.000000340. The molecule has 0 fully saturated rings. The molecule has 0 saturated carbocycles. The zero-order valence-corrected chi connectivity index (χ0v) is 32.1. The Morgan fingerprint density at radius 1 is 0.397 bits per heavy atom. The van der Waals surface area contributed by atoms with Crippen molar-refractivity contribution in [3.05, 3.63) is 41.8 Å². The first-order chi connectivity index (χ1) is 28.2. The van der Waals surface area contributed by atoms with Gasteiger partial charge in [-0.1, -0.05) is 20.5 Å². The third-order valence-electron chi connectivity index (χ3n) is 4.74. The third kappa shape index (κ3) is 68.7. The van der Waals surface area contributed by atoms with Gasteiger partial charge in [0, 0.05) is 58.9 Å². The number of rotatable bonds is 36. The van der Waals surface area contributed by atoms with Crippen LogP contribution in [0.1, 0.15) is 0 Å². The fraction of sp³-hybridized carbons (Fsp3) is 0.857. The second-order valence-corrected chi connectivity index (χ2v) is 9.28. The lowest BCUT2D eigenvalue weighted by molar-refractivity contribution is -0.155. The summed E-state index contributed by atoms with van der Waals surface area (Å²) in [4.78, 5) is 52.1. The van der Waals surface area contributed by atoms with Crippen LogP contribution in [0.2, 0.25) is 0 Å². The molecule has 30 nitrogen and oxygen atoms in total. The molecular formula is C28H54N14O16. The highest BCUT2D eigenvalue weighted by Gasteiger charge is 2.05. The minimum atomic E-state index is -1.15. The van der Waals surface area contributed by atoms with Crippen LogP contribution >= 0.6 is 0 Å². The van der Waals surface area contributed by atoms with Gasteiger partial charge in [0.15, 0.2) is 0 Å². The van der Waals surface area contributed by atoms with Gasteiger partial charge in [0.2, 0.25) is 0 Å². The number of azide groups is 4. The molecule has 0 saturated heterocycles. The van der Waals surface area contributed by atoms with E-state index in [-0.39, 0.29) is 52.7 Å². The number of esters is 2. The topological polar surface area (TPSA) is 448 Å². The highest BCUT2D eigenvalue weighted by atomic mass is 16.6. The number of nitrogens with two attached hydrogens (primary N) is 2. The molecule has 30 heteroatoms. The van der Waals surface area contributed by atoms with E-state index in [2.05, 4.69) is 59.1 Å². The molecule has 0 aromatic heterocycles. The number of nitrogens with zero attached hydrogens (tertiary/aromatic N) is 12. The van der Waals surface area contributed by atoms with Crippen LogP contribution in [0.3, 0.4) is 0 Å². The first-order valence-corrected chi connectivity index (χ1v) is 17.0. The Kier molecular flexibility index (Phi) is 57.4. The fourth-order valence-electron chi connectivity index (χ4n) is 2.57. The van der Waals surface area contributed by atoms with Gasteiger partial charge in [0.05, 0.1) is 79.3 Å². The molecule has 0 spiro atoms. The molecule has 6 N–H and O–H groups in total. The zero-order chi connectivity index (χ0) is 44.0. The quantitative estimate of drug-likeness (QED) is 0.0219.